The van der Waals surface area contributed by atoms with Gasteiger partial charge in [0.25, 0.3) is 0 Å². The van der Waals surface area contributed by atoms with Gasteiger partial charge in [-0.05, 0) is 42.9 Å². The van der Waals surface area contributed by atoms with Crippen LogP contribution in [0, 0.1) is 11.2 Å². The molecule has 9 heteroatoms. The largest absolute Gasteiger partial charge is 0.385 e. The Morgan fingerprint density at radius 1 is 1.43 bits per heavy atom. The topological polar surface area (TPSA) is 111 Å². The third-order valence-electron chi connectivity index (χ3n) is 3.91. The lowest BCUT2D eigenvalue weighted by molar-refractivity contribution is 0.171. The number of amides is 2. The number of methoxy groups -OCH3 is 1. The second-order valence-corrected chi connectivity index (χ2v) is 7.27. The Kier molecular flexibility index (Phi) is 5.23. The first-order valence-corrected chi connectivity index (χ1v) is 8.67. The van der Waals surface area contributed by atoms with Gasteiger partial charge in [-0.25, -0.2) is 22.7 Å². The van der Waals surface area contributed by atoms with E-state index in [2.05, 4.69) is 10.6 Å². The number of urea groups is 1. The van der Waals surface area contributed by atoms with Crippen LogP contribution in [0.15, 0.2) is 23.1 Å². The van der Waals surface area contributed by atoms with Crippen LogP contribution in [0.25, 0.3) is 0 Å². The van der Waals surface area contributed by atoms with Gasteiger partial charge in [-0.3, -0.25) is 0 Å². The number of sulfonamides is 1. The predicted octanol–water partition coefficient (Wildman–Crippen LogP) is 1.41. The highest BCUT2D eigenvalue weighted by Gasteiger charge is 2.42. The summed E-state index contributed by atoms with van der Waals surface area (Å²) in [4.78, 5) is 11.2. The summed E-state index contributed by atoms with van der Waals surface area (Å²) < 4.78 is 41.0. The van der Waals surface area contributed by atoms with Crippen LogP contribution in [-0.2, 0) is 14.8 Å². The Hall–Kier alpha value is -1.71. The number of carbonyl (C=O) groups is 1. The summed E-state index contributed by atoms with van der Waals surface area (Å²) in [5.41, 5.74) is 0.233. The van der Waals surface area contributed by atoms with Crippen LogP contribution in [-0.4, -0.2) is 34.7 Å². The van der Waals surface area contributed by atoms with Crippen LogP contribution >= 0.6 is 0 Å². The molecular formula is C14H20FN3O4S. The van der Waals surface area contributed by atoms with Gasteiger partial charge in [0.2, 0.25) is 10.0 Å². The predicted molar refractivity (Wildman–Crippen MR) is 83.0 cm³/mol. The molecule has 0 bridgehead atoms. The van der Waals surface area contributed by atoms with Crippen LogP contribution < -0.4 is 15.8 Å². The number of hydrogen-bond acceptors (Lipinski definition) is 4. The van der Waals surface area contributed by atoms with E-state index < -0.39 is 26.8 Å². The molecule has 23 heavy (non-hydrogen) atoms. The number of carbonyl (C=O) groups excluding carboxylic acids is 1. The van der Waals surface area contributed by atoms with Crippen molar-refractivity contribution in [3.05, 3.63) is 24.0 Å². The van der Waals surface area contributed by atoms with E-state index in [0.717, 1.165) is 31.4 Å². The van der Waals surface area contributed by atoms with Gasteiger partial charge in [-0.15, -0.1) is 0 Å². The fourth-order valence-corrected chi connectivity index (χ4v) is 2.88. The standard InChI is InChI=1S/C14H20FN3O4S/c1-22-7-6-14(4-5-14)9-17-13(19)18-10-2-3-11(15)12(8-10)23(16,20)21/h2-3,8H,4-7,9H2,1H3,(H2,16,20,21)(H2,17,18,19). The van der Waals surface area contributed by atoms with E-state index >= 15 is 0 Å². The average molecular weight is 345 g/mol. The van der Waals surface area contributed by atoms with Gasteiger partial charge in [0.15, 0.2) is 0 Å². The number of nitrogens with one attached hydrogen (secondary N) is 2. The third kappa shape index (κ3) is 4.88. The van der Waals surface area contributed by atoms with Crippen molar-refractivity contribution >= 4 is 21.7 Å². The number of hydrogen-bond donors (Lipinski definition) is 3. The molecule has 0 heterocycles. The van der Waals surface area contributed by atoms with Crippen molar-refractivity contribution in [2.75, 3.05) is 25.6 Å². The van der Waals surface area contributed by atoms with Gasteiger partial charge >= 0.3 is 6.03 Å². The van der Waals surface area contributed by atoms with Crippen molar-refractivity contribution in [1.29, 1.82) is 0 Å². The van der Waals surface area contributed by atoms with Crippen LogP contribution in [0.3, 0.4) is 0 Å². The van der Waals surface area contributed by atoms with E-state index in [9.17, 15) is 17.6 Å². The molecule has 0 aliphatic heterocycles. The van der Waals surface area contributed by atoms with Crippen molar-refractivity contribution in [3.63, 3.8) is 0 Å². The zero-order valence-corrected chi connectivity index (χ0v) is 13.6. The zero-order valence-electron chi connectivity index (χ0n) is 12.8. The molecule has 0 unspecified atom stereocenters. The maximum absolute atomic E-state index is 13.4. The molecule has 2 amide bonds. The molecule has 0 spiro atoms. The van der Waals surface area contributed by atoms with Crippen LogP contribution in [0.1, 0.15) is 19.3 Å². The minimum atomic E-state index is -4.19. The van der Waals surface area contributed by atoms with Gasteiger partial charge in [0.1, 0.15) is 10.7 Å². The molecule has 1 aromatic carbocycles. The fourth-order valence-electron chi connectivity index (χ4n) is 2.25. The Labute approximate surface area is 134 Å². The summed E-state index contributed by atoms with van der Waals surface area (Å²) in [5, 5.41) is 10.1. The van der Waals surface area contributed by atoms with Gasteiger partial charge in [-0.2, -0.15) is 0 Å². The quantitative estimate of drug-likeness (QED) is 0.694. The van der Waals surface area contributed by atoms with Crippen molar-refractivity contribution in [1.82, 2.24) is 5.32 Å². The highest BCUT2D eigenvalue weighted by Crippen LogP contribution is 2.48. The molecule has 1 aliphatic rings. The summed E-state index contributed by atoms with van der Waals surface area (Å²) in [7, 11) is -2.56. The first-order chi connectivity index (χ1) is 10.8. The van der Waals surface area contributed by atoms with E-state index in [-0.39, 0.29) is 11.1 Å². The molecule has 1 fully saturated rings. The number of halogens is 1. The lowest BCUT2D eigenvalue weighted by Crippen LogP contribution is -2.34. The lowest BCUT2D eigenvalue weighted by atomic mass is 10.0. The molecule has 4 N–H and O–H groups in total. The molecule has 1 aromatic rings. The monoisotopic (exact) mass is 345 g/mol. The first kappa shape index (κ1) is 17.6. The molecule has 1 aliphatic carbocycles. The van der Waals surface area contributed by atoms with E-state index in [1.54, 1.807) is 7.11 Å². The Bertz CT molecular complexity index is 689. The van der Waals surface area contributed by atoms with Gasteiger partial charge in [0, 0.05) is 25.9 Å². The summed E-state index contributed by atoms with van der Waals surface area (Å²) in [5.74, 6) is -0.963. The summed E-state index contributed by atoms with van der Waals surface area (Å²) >= 11 is 0. The van der Waals surface area contributed by atoms with Gasteiger partial charge in [-0.1, -0.05) is 0 Å². The number of primary sulfonamides is 1. The normalized spacial score (nSPS) is 16.0. The molecule has 0 aromatic heterocycles. The molecule has 0 radical (unpaired) electrons. The number of benzene rings is 1. The van der Waals surface area contributed by atoms with Crippen molar-refractivity contribution < 1.29 is 22.3 Å². The highest BCUT2D eigenvalue weighted by atomic mass is 32.2. The van der Waals surface area contributed by atoms with Crippen molar-refractivity contribution in [2.24, 2.45) is 10.6 Å². The molecule has 128 valence electrons. The second-order valence-electron chi connectivity index (χ2n) is 5.74. The maximum atomic E-state index is 13.4. The fraction of sp³-hybridized carbons (Fsp3) is 0.500. The average Bonchev–Trinajstić information content (AvgIpc) is 3.24. The SMILES string of the molecule is COCCC1(CNC(=O)Nc2ccc(F)c(S(N)(=O)=O)c2)CC1. The van der Waals surface area contributed by atoms with E-state index in [4.69, 9.17) is 9.88 Å². The summed E-state index contributed by atoms with van der Waals surface area (Å²) in [6, 6.07) is 2.71. The molecule has 1 saturated carbocycles. The van der Waals surface area contributed by atoms with Gasteiger partial charge in [0.05, 0.1) is 0 Å². The van der Waals surface area contributed by atoms with E-state index in [0.29, 0.717) is 13.2 Å². The molecule has 2 rings (SSSR count). The van der Waals surface area contributed by atoms with Crippen LogP contribution in [0.5, 0.6) is 0 Å². The molecule has 7 nitrogen and oxygen atoms in total. The second kappa shape index (κ2) is 6.81. The van der Waals surface area contributed by atoms with Gasteiger partial charge < -0.3 is 15.4 Å². The minimum Gasteiger partial charge on any atom is -0.385 e. The highest BCUT2D eigenvalue weighted by molar-refractivity contribution is 7.89. The lowest BCUT2D eigenvalue weighted by Gasteiger charge is -2.16. The Morgan fingerprint density at radius 2 is 2.13 bits per heavy atom. The smallest absolute Gasteiger partial charge is 0.319 e. The summed E-state index contributed by atoms with van der Waals surface area (Å²) in [6.45, 7) is 1.14. The maximum Gasteiger partial charge on any atom is 0.319 e. The third-order valence-corrected chi connectivity index (χ3v) is 4.84. The number of ether oxygens (including phenoxy) is 1. The number of nitrogens with two attached hydrogens (primary N) is 1. The number of anilines is 1. The molecule has 0 atom stereocenters. The van der Waals surface area contributed by atoms with Crippen LogP contribution in [0.4, 0.5) is 14.9 Å². The minimum absolute atomic E-state index is 0.0852. The van der Waals surface area contributed by atoms with Crippen molar-refractivity contribution in [2.45, 2.75) is 24.2 Å². The zero-order chi connectivity index (χ0) is 17.1. The Balaban J connectivity index is 1.93. The van der Waals surface area contributed by atoms with Crippen molar-refractivity contribution in [3.8, 4) is 0 Å². The van der Waals surface area contributed by atoms with E-state index in [1.165, 1.54) is 6.07 Å². The van der Waals surface area contributed by atoms with E-state index in [1.807, 2.05) is 0 Å². The summed E-state index contributed by atoms with van der Waals surface area (Å²) in [6.07, 6.45) is 2.93. The molecule has 0 saturated heterocycles. The molecular weight excluding hydrogens is 325 g/mol. The van der Waals surface area contributed by atoms with Crippen LogP contribution in [0.2, 0.25) is 0 Å². The first-order valence-electron chi connectivity index (χ1n) is 7.12. The number of rotatable bonds is 7. The Morgan fingerprint density at radius 3 is 2.70 bits per heavy atom.